The van der Waals surface area contributed by atoms with Crippen LogP contribution in [0, 0.1) is 5.92 Å². The third-order valence-corrected chi connectivity index (χ3v) is 5.84. The summed E-state index contributed by atoms with van der Waals surface area (Å²) < 4.78 is 1.21. The fourth-order valence-corrected chi connectivity index (χ4v) is 4.09. The molecule has 2 amide bonds. The fraction of sp³-hybridized carbons (Fsp3) is 0.318. The van der Waals surface area contributed by atoms with Crippen LogP contribution in [0.4, 0.5) is 11.4 Å². The number of thiazole rings is 1. The molecule has 2 aromatic carbocycles. The van der Waals surface area contributed by atoms with Crippen molar-refractivity contribution in [2.45, 2.75) is 38.5 Å². The van der Waals surface area contributed by atoms with Crippen LogP contribution in [0.5, 0.6) is 0 Å². The number of amides is 2. The molecule has 0 spiro atoms. The van der Waals surface area contributed by atoms with Gasteiger partial charge >= 0.3 is 0 Å². The van der Waals surface area contributed by atoms with Crippen molar-refractivity contribution in [2.24, 2.45) is 5.92 Å². The number of rotatable bonds is 8. The summed E-state index contributed by atoms with van der Waals surface area (Å²) in [6.45, 7) is 0. The van der Waals surface area contributed by atoms with E-state index >= 15 is 0 Å². The van der Waals surface area contributed by atoms with Crippen LogP contribution >= 0.6 is 11.3 Å². The van der Waals surface area contributed by atoms with Gasteiger partial charge in [-0.1, -0.05) is 18.2 Å². The Labute approximate surface area is 168 Å². The first-order valence-electron chi connectivity index (χ1n) is 9.72. The highest BCUT2D eigenvalue weighted by molar-refractivity contribution is 7.18. The Morgan fingerprint density at radius 2 is 1.79 bits per heavy atom. The van der Waals surface area contributed by atoms with E-state index < -0.39 is 0 Å². The van der Waals surface area contributed by atoms with E-state index in [0.717, 1.165) is 48.3 Å². The molecule has 0 unspecified atom stereocenters. The number of carbonyl (C=O) groups is 2. The first-order chi connectivity index (χ1) is 13.7. The molecule has 1 aliphatic rings. The molecule has 5 nitrogen and oxygen atoms in total. The molecular formula is C22H23N3O2S. The van der Waals surface area contributed by atoms with Gasteiger partial charge in [-0.05, 0) is 62.4 Å². The van der Waals surface area contributed by atoms with Gasteiger partial charge < -0.3 is 10.6 Å². The minimum Gasteiger partial charge on any atom is -0.326 e. The minimum absolute atomic E-state index is 0.00466. The van der Waals surface area contributed by atoms with Gasteiger partial charge in [-0.3, -0.25) is 9.59 Å². The van der Waals surface area contributed by atoms with E-state index in [9.17, 15) is 9.59 Å². The molecule has 1 aliphatic carbocycles. The standard InChI is InChI=1S/C22H23N3O2S/c26-20(10-3-4-11-21-25-18-8-1-2-9-19(18)28-21)23-16-6-5-7-17(14-16)24-22(27)15-12-13-15/h1-2,5-9,14-15H,3-4,10-13H2,(H,23,26)(H,24,27). The molecule has 1 fully saturated rings. The monoisotopic (exact) mass is 393 g/mol. The predicted octanol–water partition coefficient (Wildman–Crippen LogP) is 5.00. The van der Waals surface area contributed by atoms with Crippen LogP contribution in [0.2, 0.25) is 0 Å². The Morgan fingerprint density at radius 1 is 1.00 bits per heavy atom. The summed E-state index contributed by atoms with van der Waals surface area (Å²) >= 11 is 1.73. The number of unbranched alkanes of at least 4 members (excludes halogenated alkanes) is 1. The van der Waals surface area contributed by atoms with E-state index in [4.69, 9.17) is 0 Å². The van der Waals surface area contributed by atoms with Crippen molar-refractivity contribution in [3.63, 3.8) is 0 Å². The Kier molecular flexibility index (Phi) is 5.67. The highest BCUT2D eigenvalue weighted by Gasteiger charge is 2.29. The molecule has 6 heteroatoms. The second-order valence-electron chi connectivity index (χ2n) is 7.17. The van der Waals surface area contributed by atoms with Crippen molar-refractivity contribution in [3.8, 4) is 0 Å². The Balaban J connectivity index is 1.21. The largest absolute Gasteiger partial charge is 0.326 e. The zero-order valence-electron chi connectivity index (χ0n) is 15.6. The fourth-order valence-electron chi connectivity index (χ4n) is 3.08. The second kappa shape index (κ2) is 8.52. The lowest BCUT2D eigenvalue weighted by Gasteiger charge is -2.08. The van der Waals surface area contributed by atoms with Gasteiger partial charge in [0, 0.05) is 23.7 Å². The molecule has 1 aromatic heterocycles. The van der Waals surface area contributed by atoms with Crippen LogP contribution in [0.25, 0.3) is 10.2 Å². The highest BCUT2D eigenvalue weighted by atomic mass is 32.1. The summed E-state index contributed by atoms with van der Waals surface area (Å²) in [4.78, 5) is 28.7. The SMILES string of the molecule is O=C(CCCCc1nc2ccccc2s1)Nc1cccc(NC(=O)C2CC2)c1. The number of nitrogens with zero attached hydrogens (tertiary/aromatic N) is 1. The Bertz CT molecular complexity index is 961. The number of para-hydroxylation sites is 1. The van der Waals surface area contributed by atoms with Gasteiger partial charge in [-0.25, -0.2) is 4.98 Å². The van der Waals surface area contributed by atoms with E-state index in [0.29, 0.717) is 12.1 Å². The van der Waals surface area contributed by atoms with Crippen LogP contribution in [0.15, 0.2) is 48.5 Å². The third kappa shape index (κ3) is 4.95. The number of hydrogen-bond acceptors (Lipinski definition) is 4. The maximum Gasteiger partial charge on any atom is 0.227 e. The molecule has 0 bridgehead atoms. The van der Waals surface area contributed by atoms with Gasteiger partial charge in [0.1, 0.15) is 0 Å². The molecule has 28 heavy (non-hydrogen) atoms. The number of anilines is 2. The van der Waals surface area contributed by atoms with E-state index in [1.165, 1.54) is 4.70 Å². The van der Waals surface area contributed by atoms with Crippen molar-refractivity contribution >= 4 is 44.7 Å². The van der Waals surface area contributed by atoms with Gasteiger partial charge in [0.05, 0.1) is 15.2 Å². The van der Waals surface area contributed by atoms with Crippen LogP contribution in [0.1, 0.15) is 37.1 Å². The molecular weight excluding hydrogens is 370 g/mol. The van der Waals surface area contributed by atoms with Crippen molar-refractivity contribution in [2.75, 3.05) is 10.6 Å². The molecule has 3 aromatic rings. The number of nitrogens with one attached hydrogen (secondary N) is 2. The molecule has 2 N–H and O–H groups in total. The quantitative estimate of drug-likeness (QED) is 0.529. The zero-order chi connectivity index (χ0) is 19.3. The summed E-state index contributed by atoms with van der Waals surface area (Å²) in [6, 6.07) is 15.5. The smallest absolute Gasteiger partial charge is 0.227 e. The lowest BCUT2D eigenvalue weighted by Crippen LogP contribution is -2.14. The average molecular weight is 394 g/mol. The van der Waals surface area contributed by atoms with Crippen LogP contribution in [0.3, 0.4) is 0 Å². The zero-order valence-corrected chi connectivity index (χ0v) is 16.4. The van der Waals surface area contributed by atoms with Gasteiger partial charge in [0.2, 0.25) is 11.8 Å². The maximum atomic E-state index is 12.2. The third-order valence-electron chi connectivity index (χ3n) is 4.74. The van der Waals surface area contributed by atoms with Gasteiger partial charge in [0.25, 0.3) is 0 Å². The number of carbonyl (C=O) groups excluding carboxylic acids is 2. The molecule has 1 saturated carbocycles. The molecule has 4 rings (SSSR count). The predicted molar refractivity (Wildman–Crippen MR) is 114 cm³/mol. The van der Waals surface area contributed by atoms with Crippen LogP contribution in [-0.2, 0) is 16.0 Å². The summed E-state index contributed by atoms with van der Waals surface area (Å²) in [5.41, 5.74) is 2.49. The number of aryl methyl sites for hydroxylation is 1. The van der Waals surface area contributed by atoms with Crippen LogP contribution in [-0.4, -0.2) is 16.8 Å². The molecule has 0 atom stereocenters. The molecule has 0 aliphatic heterocycles. The van der Waals surface area contributed by atoms with E-state index in [1.54, 1.807) is 17.4 Å². The molecule has 144 valence electrons. The molecule has 1 heterocycles. The van der Waals surface area contributed by atoms with Crippen LogP contribution < -0.4 is 10.6 Å². The van der Waals surface area contributed by atoms with Crippen molar-refractivity contribution in [1.82, 2.24) is 4.98 Å². The summed E-state index contributed by atoms with van der Waals surface area (Å²) in [6.07, 6.45) is 5.07. The first-order valence-corrected chi connectivity index (χ1v) is 10.5. The number of hydrogen-bond donors (Lipinski definition) is 2. The Morgan fingerprint density at radius 3 is 2.57 bits per heavy atom. The maximum absolute atomic E-state index is 12.2. The van der Waals surface area contributed by atoms with Gasteiger partial charge in [-0.2, -0.15) is 0 Å². The molecule has 0 saturated heterocycles. The minimum atomic E-state index is -0.00466. The average Bonchev–Trinajstić information content (AvgIpc) is 3.45. The topological polar surface area (TPSA) is 71.1 Å². The van der Waals surface area contributed by atoms with E-state index in [1.807, 2.05) is 36.4 Å². The molecule has 0 radical (unpaired) electrons. The highest BCUT2D eigenvalue weighted by Crippen LogP contribution is 2.30. The number of benzene rings is 2. The lowest BCUT2D eigenvalue weighted by atomic mass is 10.2. The summed E-state index contributed by atoms with van der Waals surface area (Å²) in [5, 5.41) is 6.95. The normalized spacial score (nSPS) is 13.4. The van der Waals surface area contributed by atoms with E-state index in [-0.39, 0.29) is 17.7 Å². The van der Waals surface area contributed by atoms with Crippen molar-refractivity contribution in [1.29, 1.82) is 0 Å². The van der Waals surface area contributed by atoms with Gasteiger partial charge in [0.15, 0.2) is 0 Å². The van der Waals surface area contributed by atoms with E-state index in [2.05, 4.69) is 21.7 Å². The summed E-state index contributed by atoms with van der Waals surface area (Å²) in [7, 11) is 0. The second-order valence-corrected chi connectivity index (χ2v) is 8.29. The number of aromatic nitrogens is 1. The number of fused-ring (bicyclic) bond motifs is 1. The Hall–Kier alpha value is -2.73. The summed E-state index contributed by atoms with van der Waals surface area (Å²) in [5.74, 6) is 0.224. The van der Waals surface area contributed by atoms with Crippen molar-refractivity contribution in [3.05, 3.63) is 53.5 Å². The lowest BCUT2D eigenvalue weighted by molar-refractivity contribution is -0.117. The first kappa shape index (κ1) is 18.6. The van der Waals surface area contributed by atoms with Gasteiger partial charge in [-0.15, -0.1) is 11.3 Å². The van der Waals surface area contributed by atoms with Crippen molar-refractivity contribution < 1.29 is 9.59 Å².